The predicted octanol–water partition coefficient (Wildman–Crippen LogP) is 5.17. The van der Waals surface area contributed by atoms with E-state index in [9.17, 15) is 14.4 Å². The second kappa shape index (κ2) is 12.8. The quantitative estimate of drug-likeness (QED) is 0.279. The van der Waals surface area contributed by atoms with Crippen molar-refractivity contribution in [2.45, 2.75) is 70.0 Å². The zero-order valence-corrected chi connectivity index (χ0v) is 27.7. The minimum Gasteiger partial charge on any atom is -0.372 e. The lowest BCUT2D eigenvalue weighted by molar-refractivity contribution is -0.136. The number of piperidine rings is 3. The average Bonchev–Trinajstić information content (AvgIpc) is 3.64. The van der Waals surface area contributed by atoms with Crippen LogP contribution in [0.2, 0.25) is 0 Å². The first-order valence-corrected chi connectivity index (χ1v) is 17.6. The van der Waals surface area contributed by atoms with E-state index in [1.165, 1.54) is 46.1 Å². The summed E-state index contributed by atoms with van der Waals surface area (Å²) in [7, 11) is 2.00. The zero-order valence-electron chi connectivity index (χ0n) is 27.7. The molecule has 4 aromatic rings. The maximum absolute atomic E-state index is 13.1. The number of aryl methyl sites for hydroxylation is 1. The summed E-state index contributed by atoms with van der Waals surface area (Å²) in [5.41, 5.74) is 8.28. The van der Waals surface area contributed by atoms with Gasteiger partial charge in [0, 0.05) is 56.3 Å². The number of hydrogen-bond donors (Lipinski definition) is 1. The van der Waals surface area contributed by atoms with Crippen LogP contribution in [0.5, 0.6) is 0 Å². The minimum absolute atomic E-state index is 0.105. The van der Waals surface area contributed by atoms with Crippen molar-refractivity contribution < 1.29 is 14.4 Å². The van der Waals surface area contributed by atoms with Gasteiger partial charge in [-0.1, -0.05) is 30.3 Å². The third-order valence-electron chi connectivity index (χ3n) is 11.3. The van der Waals surface area contributed by atoms with Gasteiger partial charge in [-0.2, -0.15) is 5.10 Å². The normalized spacial score (nSPS) is 21.3. The van der Waals surface area contributed by atoms with E-state index in [-0.39, 0.29) is 24.1 Å². The Morgan fingerprint density at radius 3 is 2.38 bits per heavy atom. The molecule has 48 heavy (non-hydrogen) atoms. The van der Waals surface area contributed by atoms with Crippen LogP contribution in [0.25, 0.3) is 10.9 Å². The SMILES string of the molecule is Cn1ncc2cc(CC3CCN(c4ccc(CN5CCC(c6ccc7c(c6)CN(C6CCC(=O)NC6=O)C7=O)CC5)cc4)CC3)ccc21. The summed E-state index contributed by atoms with van der Waals surface area (Å²) in [4.78, 5) is 43.8. The number of fused-ring (bicyclic) bond motifs is 2. The first-order chi connectivity index (χ1) is 23.4. The highest BCUT2D eigenvalue weighted by Crippen LogP contribution is 2.34. The van der Waals surface area contributed by atoms with Crippen molar-refractivity contribution in [2.75, 3.05) is 31.1 Å². The van der Waals surface area contributed by atoms with Crippen LogP contribution >= 0.6 is 0 Å². The zero-order chi connectivity index (χ0) is 32.8. The van der Waals surface area contributed by atoms with Crippen LogP contribution in [0, 0.1) is 5.92 Å². The van der Waals surface area contributed by atoms with Crippen molar-refractivity contribution >= 4 is 34.3 Å². The number of nitrogens with one attached hydrogen (secondary N) is 1. The fourth-order valence-electron chi connectivity index (χ4n) is 8.41. The van der Waals surface area contributed by atoms with Gasteiger partial charge in [0.25, 0.3) is 5.91 Å². The molecule has 1 atom stereocenters. The number of nitrogens with zero attached hydrogens (tertiary/aromatic N) is 5. The Morgan fingerprint density at radius 2 is 1.60 bits per heavy atom. The highest BCUT2D eigenvalue weighted by atomic mass is 16.2. The van der Waals surface area contributed by atoms with Crippen molar-refractivity contribution in [1.82, 2.24) is 24.9 Å². The lowest BCUT2D eigenvalue weighted by Crippen LogP contribution is -2.52. The molecule has 0 aliphatic carbocycles. The van der Waals surface area contributed by atoms with Crippen molar-refractivity contribution in [3.63, 3.8) is 0 Å². The Labute approximate surface area is 281 Å². The molecule has 1 unspecified atom stereocenters. The van der Waals surface area contributed by atoms with Gasteiger partial charge in [0.05, 0.1) is 11.7 Å². The number of anilines is 1. The van der Waals surface area contributed by atoms with E-state index in [4.69, 9.17) is 0 Å². The van der Waals surface area contributed by atoms with E-state index in [1.54, 1.807) is 4.90 Å². The number of likely N-dealkylation sites (tertiary alicyclic amines) is 1. The number of amides is 3. The molecule has 1 aromatic heterocycles. The molecule has 248 valence electrons. The molecule has 0 spiro atoms. The van der Waals surface area contributed by atoms with Gasteiger partial charge in [-0.3, -0.25) is 29.3 Å². The summed E-state index contributed by atoms with van der Waals surface area (Å²) >= 11 is 0. The molecule has 9 heteroatoms. The van der Waals surface area contributed by atoms with Gasteiger partial charge in [-0.15, -0.1) is 0 Å². The van der Waals surface area contributed by atoms with Gasteiger partial charge >= 0.3 is 0 Å². The van der Waals surface area contributed by atoms with Gasteiger partial charge in [0.1, 0.15) is 6.04 Å². The van der Waals surface area contributed by atoms with Crippen LogP contribution in [0.1, 0.15) is 77.1 Å². The van der Waals surface area contributed by atoms with Crippen molar-refractivity contribution in [3.8, 4) is 0 Å². The molecule has 1 N–H and O–H groups in total. The first-order valence-electron chi connectivity index (χ1n) is 17.6. The molecule has 4 aliphatic rings. The lowest BCUT2D eigenvalue weighted by atomic mass is 9.87. The molecular formula is C39H44N6O3. The molecular weight excluding hydrogens is 600 g/mol. The summed E-state index contributed by atoms with van der Waals surface area (Å²) in [6.45, 7) is 5.72. The molecule has 0 radical (unpaired) electrons. The number of aromatic nitrogens is 2. The first kappa shape index (κ1) is 30.8. The van der Waals surface area contributed by atoms with Gasteiger partial charge in [0.15, 0.2) is 0 Å². The molecule has 0 saturated carbocycles. The number of rotatable bonds is 7. The van der Waals surface area contributed by atoms with Crippen molar-refractivity contribution in [2.24, 2.45) is 13.0 Å². The minimum atomic E-state index is -0.569. The van der Waals surface area contributed by atoms with Crippen LogP contribution in [-0.2, 0) is 36.1 Å². The van der Waals surface area contributed by atoms with Crippen LogP contribution in [-0.4, -0.2) is 69.5 Å². The highest BCUT2D eigenvalue weighted by Gasteiger charge is 2.39. The summed E-state index contributed by atoms with van der Waals surface area (Å²) in [6.07, 6.45) is 8.40. The highest BCUT2D eigenvalue weighted by molar-refractivity contribution is 6.05. The van der Waals surface area contributed by atoms with E-state index in [0.29, 0.717) is 24.4 Å². The molecule has 8 rings (SSSR count). The Bertz CT molecular complexity index is 1850. The van der Waals surface area contributed by atoms with E-state index < -0.39 is 6.04 Å². The Kier molecular flexibility index (Phi) is 8.24. The van der Waals surface area contributed by atoms with Gasteiger partial charge in [-0.05, 0) is 116 Å². The maximum atomic E-state index is 13.1. The maximum Gasteiger partial charge on any atom is 0.255 e. The average molecular weight is 645 g/mol. The fourth-order valence-corrected chi connectivity index (χ4v) is 8.41. The molecule has 0 bridgehead atoms. The van der Waals surface area contributed by atoms with E-state index >= 15 is 0 Å². The molecule has 9 nitrogen and oxygen atoms in total. The van der Waals surface area contributed by atoms with Gasteiger partial charge < -0.3 is 9.80 Å². The van der Waals surface area contributed by atoms with Crippen LogP contribution < -0.4 is 10.2 Å². The van der Waals surface area contributed by atoms with Crippen molar-refractivity contribution in [3.05, 3.63) is 94.7 Å². The van der Waals surface area contributed by atoms with E-state index in [1.807, 2.05) is 24.0 Å². The number of benzene rings is 3. The number of imide groups is 1. The molecule has 4 aliphatic heterocycles. The third-order valence-corrected chi connectivity index (χ3v) is 11.3. The van der Waals surface area contributed by atoms with E-state index in [0.717, 1.165) is 63.5 Å². The smallest absolute Gasteiger partial charge is 0.255 e. The molecule has 5 heterocycles. The molecule has 3 saturated heterocycles. The standard InChI is InChI=1S/C39H44N6O3/c1-42-35-9-4-28(21-31(35)23-40-42)20-26-12-18-44(19-13-26)33-6-2-27(3-7-33)24-43-16-14-29(15-17-43)30-5-8-34-32(22-30)25-45(39(34)48)36-10-11-37(46)41-38(36)47/h2-9,21-23,26,29,36H,10-20,24-25H2,1H3,(H,41,46,47). The second-order valence-corrected chi connectivity index (χ2v) is 14.3. The Hall–Kier alpha value is -4.50. The molecule has 3 aromatic carbocycles. The lowest BCUT2D eigenvalue weighted by Gasteiger charge is -2.34. The van der Waals surface area contributed by atoms with Crippen molar-refractivity contribution in [1.29, 1.82) is 0 Å². The van der Waals surface area contributed by atoms with Crippen LogP contribution in [0.3, 0.4) is 0 Å². The monoisotopic (exact) mass is 644 g/mol. The van der Waals surface area contributed by atoms with Crippen LogP contribution in [0.15, 0.2) is 66.9 Å². The summed E-state index contributed by atoms with van der Waals surface area (Å²) in [6, 6.07) is 21.7. The topological polar surface area (TPSA) is 90.8 Å². The third kappa shape index (κ3) is 6.12. The van der Waals surface area contributed by atoms with Gasteiger partial charge in [0.2, 0.25) is 11.8 Å². The summed E-state index contributed by atoms with van der Waals surface area (Å²) in [5.74, 6) is 0.469. The Morgan fingerprint density at radius 1 is 0.833 bits per heavy atom. The summed E-state index contributed by atoms with van der Waals surface area (Å²) < 4.78 is 1.94. The molecule has 3 amide bonds. The number of hydrogen-bond acceptors (Lipinski definition) is 6. The van der Waals surface area contributed by atoms with E-state index in [2.05, 4.69) is 74.8 Å². The number of carbonyl (C=O) groups is 3. The number of carbonyl (C=O) groups excluding carboxylic acids is 3. The molecule has 3 fully saturated rings. The largest absolute Gasteiger partial charge is 0.372 e. The predicted molar refractivity (Wildman–Crippen MR) is 186 cm³/mol. The summed E-state index contributed by atoms with van der Waals surface area (Å²) in [5, 5.41) is 8.01. The van der Waals surface area contributed by atoms with Gasteiger partial charge in [-0.25, -0.2) is 0 Å². The van der Waals surface area contributed by atoms with Crippen LogP contribution in [0.4, 0.5) is 5.69 Å². The Balaban J connectivity index is 0.805. The second-order valence-electron chi connectivity index (χ2n) is 14.3. The fraction of sp³-hybridized carbons (Fsp3) is 0.436.